The van der Waals surface area contributed by atoms with E-state index in [2.05, 4.69) is 10.6 Å². The molecule has 0 bridgehead atoms. The molecule has 0 heterocycles. The van der Waals surface area contributed by atoms with Gasteiger partial charge in [-0.1, -0.05) is 62.4 Å². The Morgan fingerprint density at radius 3 is 2.43 bits per heavy atom. The molecule has 1 aromatic carbocycles. The van der Waals surface area contributed by atoms with E-state index in [0.717, 1.165) is 24.3 Å². The average molecular weight is 388 g/mol. The fraction of sp³-hybridized carbons (Fsp3) is 0.591. The Kier molecular flexibility index (Phi) is 9.52. The van der Waals surface area contributed by atoms with Gasteiger partial charge in [-0.05, 0) is 30.7 Å². The summed E-state index contributed by atoms with van der Waals surface area (Å²) in [5, 5.41) is 5.40. The third-order valence-electron chi connectivity index (χ3n) is 5.39. The second-order valence-corrected chi connectivity index (χ2v) is 7.71. The topological polar surface area (TPSA) is 101 Å². The molecule has 1 aromatic rings. The zero-order valence-electron chi connectivity index (χ0n) is 16.6. The minimum absolute atomic E-state index is 0.126. The highest BCUT2D eigenvalue weighted by Crippen LogP contribution is 2.27. The van der Waals surface area contributed by atoms with Crippen LogP contribution in [0.2, 0.25) is 0 Å². The van der Waals surface area contributed by atoms with E-state index in [1.165, 1.54) is 32.1 Å². The number of carbonyl (C=O) groups is 3. The van der Waals surface area contributed by atoms with Crippen molar-refractivity contribution in [2.45, 2.75) is 70.3 Å². The number of nitrogens with two attached hydrogens (primary N) is 1. The molecular weight excluding hydrogens is 354 g/mol. The summed E-state index contributed by atoms with van der Waals surface area (Å²) in [4.78, 5) is 35.8. The molecule has 0 aliphatic heterocycles. The first-order valence-corrected chi connectivity index (χ1v) is 10.4. The van der Waals surface area contributed by atoms with E-state index in [-0.39, 0.29) is 18.2 Å². The lowest BCUT2D eigenvalue weighted by molar-refractivity contribution is -0.130. The molecule has 0 spiro atoms. The molecule has 1 saturated carbocycles. The highest BCUT2D eigenvalue weighted by Gasteiger charge is 2.21. The number of nitrogens with one attached hydrogen (secondary N) is 2. The summed E-state index contributed by atoms with van der Waals surface area (Å²) in [6.45, 7) is 0.476. The highest BCUT2D eigenvalue weighted by atomic mass is 16.2. The fourth-order valence-electron chi connectivity index (χ4n) is 3.76. The smallest absolute Gasteiger partial charge is 0.240 e. The molecule has 28 heavy (non-hydrogen) atoms. The summed E-state index contributed by atoms with van der Waals surface area (Å²) in [6, 6.07) is 8.86. The minimum atomic E-state index is -0.959. The Morgan fingerprint density at radius 2 is 1.75 bits per heavy atom. The van der Waals surface area contributed by atoms with Gasteiger partial charge in [-0.3, -0.25) is 14.4 Å². The molecule has 0 unspecified atom stereocenters. The maximum Gasteiger partial charge on any atom is 0.240 e. The van der Waals surface area contributed by atoms with Gasteiger partial charge >= 0.3 is 0 Å². The molecular formula is C22H33N3O3. The van der Waals surface area contributed by atoms with Crippen molar-refractivity contribution >= 4 is 17.7 Å². The number of hydrogen-bond acceptors (Lipinski definition) is 3. The monoisotopic (exact) mass is 387 g/mol. The first-order chi connectivity index (χ1) is 13.5. The summed E-state index contributed by atoms with van der Waals surface area (Å²) in [5.74, 6) is -0.457. The standard InChI is InChI=1S/C22H33N3O3/c23-22(28)19(16-21(27)24-15-14-18-10-5-2-6-11-18)25-20(26)13-7-12-17-8-3-1-4-9-17/h2,5-6,10-11,17,19H,1,3-4,7-9,12-16H2,(H2,23,28)(H,24,27)(H,25,26)/t19-/m1/s1. The molecule has 0 radical (unpaired) electrons. The molecule has 1 atom stereocenters. The van der Waals surface area contributed by atoms with Crippen molar-refractivity contribution in [3.63, 3.8) is 0 Å². The van der Waals surface area contributed by atoms with E-state index < -0.39 is 11.9 Å². The number of amides is 3. The van der Waals surface area contributed by atoms with Gasteiger partial charge in [-0.2, -0.15) is 0 Å². The average Bonchev–Trinajstić information content (AvgIpc) is 2.69. The first kappa shape index (κ1) is 21.9. The Morgan fingerprint density at radius 1 is 1.04 bits per heavy atom. The molecule has 2 rings (SSSR count). The summed E-state index contributed by atoms with van der Waals surface area (Å²) in [6.07, 6.45) is 9.24. The van der Waals surface area contributed by atoms with Gasteiger partial charge in [0, 0.05) is 13.0 Å². The zero-order chi connectivity index (χ0) is 20.2. The van der Waals surface area contributed by atoms with Crippen molar-refractivity contribution < 1.29 is 14.4 Å². The van der Waals surface area contributed by atoms with E-state index in [1.807, 2.05) is 30.3 Å². The highest BCUT2D eigenvalue weighted by molar-refractivity contribution is 5.91. The van der Waals surface area contributed by atoms with Crippen LogP contribution in [0.3, 0.4) is 0 Å². The molecule has 1 aliphatic rings. The van der Waals surface area contributed by atoms with Gasteiger partial charge in [-0.25, -0.2) is 0 Å². The zero-order valence-corrected chi connectivity index (χ0v) is 16.6. The molecule has 0 aromatic heterocycles. The summed E-state index contributed by atoms with van der Waals surface area (Å²) < 4.78 is 0. The van der Waals surface area contributed by atoms with Gasteiger partial charge in [0.1, 0.15) is 6.04 Å². The summed E-state index contributed by atoms with van der Waals surface area (Å²) in [7, 11) is 0. The molecule has 0 saturated heterocycles. The number of hydrogen-bond donors (Lipinski definition) is 3. The molecule has 1 aliphatic carbocycles. The van der Waals surface area contributed by atoms with E-state index in [0.29, 0.717) is 19.4 Å². The van der Waals surface area contributed by atoms with E-state index in [9.17, 15) is 14.4 Å². The van der Waals surface area contributed by atoms with Crippen LogP contribution in [0, 0.1) is 5.92 Å². The van der Waals surface area contributed by atoms with Crippen molar-refractivity contribution in [2.75, 3.05) is 6.54 Å². The number of primary amides is 1. The number of carbonyl (C=O) groups excluding carboxylic acids is 3. The van der Waals surface area contributed by atoms with Gasteiger partial charge in [0.25, 0.3) is 0 Å². The number of benzene rings is 1. The number of rotatable bonds is 11. The molecule has 3 amide bonds. The largest absolute Gasteiger partial charge is 0.368 e. The normalized spacial score (nSPS) is 15.6. The van der Waals surface area contributed by atoms with Crippen molar-refractivity contribution in [1.82, 2.24) is 10.6 Å². The van der Waals surface area contributed by atoms with E-state index in [4.69, 9.17) is 5.73 Å². The van der Waals surface area contributed by atoms with Gasteiger partial charge in [0.15, 0.2) is 0 Å². The van der Waals surface area contributed by atoms with E-state index in [1.54, 1.807) is 0 Å². The van der Waals surface area contributed by atoms with Crippen LogP contribution in [0.25, 0.3) is 0 Å². The summed E-state index contributed by atoms with van der Waals surface area (Å²) in [5.41, 5.74) is 6.49. The second-order valence-electron chi connectivity index (χ2n) is 7.71. The maximum absolute atomic E-state index is 12.1. The predicted octanol–water partition coefficient (Wildman–Crippen LogP) is 2.46. The fourth-order valence-corrected chi connectivity index (χ4v) is 3.76. The molecule has 1 fully saturated rings. The Bertz CT molecular complexity index is 627. The molecule has 6 heteroatoms. The van der Waals surface area contributed by atoms with Crippen molar-refractivity contribution in [3.05, 3.63) is 35.9 Å². The first-order valence-electron chi connectivity index (χ1n) is 10.4. The summed E-state index contributed by atoms with van der Waals surface area (Å²) >= 11 is 0. The van der Waals surface area contributed by atoms with Crippen LogP contribution < -0.4 is 16.4 Å². The van der Waals surface area contributed by atoms with Gasteiger partial charge in [0.05, 0.1) is 6.42 Å². The van der Waals surface area contributed by atoms with Crippen molar-refractivity contribution in [2.24, 2.45) is 11.7 Å². The lowest BCUT2D eigenvalue weighted by atomic mass is 9.86. The van der Waals surface area contributed by atoms with Gasteiger partial charge < -0.3 is 16.4 Å². The Hall–Kier alpha value is -2.37. The Balaban J connectivity index is 1.65. The van der Waals surface area contributed by atoms with Crippen LogP contribution >= 0.6 is 0 Å². The van der Waals surface area contributed by atoms with Crippen molar-refractivity contribution in [1.29, 1.82) is 0 Å². The Labute approximate surface area is 167 Å². The van der Waals surface area contributed by atoms with E-state index >= 15 is 0 Å². The lowest BCUT2D eigenvalue weighted by Crippen LogP contribution is -2.47. The van der Waals surface area contributed by atoms with Gasteiger partial charge in [-0.15, -0.1) is 0 Å². The molecule has 154 valence electrons. The van der Waals surface area contributed by atoms with Crippen LogP contribution in [0.5, 0.6) is 0 Å². The predicted molar refractivity (Wildman–Crippen MR) is 109 cm³/mol. The van der Waals surface area contributed by atoms with Crippen LogP contribution in [0.1, 0.15) is 63.4 Å². The van der Waals surface area contributed by atoms with Crippen molar-refractivity contribution in [3.8, 4) is 0 Å². The van der Waals surface area contributed by atoms with Crippen LogP contribution in [0.4, 0.5) is 0 Å². The second kappa shape index (κ2) is 12.2. The minimum Gasteiger partial charge on any atom is -0.368 e. The third kappa shape index (κ3) is 8.55. The SMILES string of the molecule is NC(=O)[C@@H](CC(=O)NCCc1ccccc1)NC(=O)CCCC1CCCCC1. The van der Waals surface area contributed by atoms with Gasteiger partial charge in [0.2, 0.25) is 17.7 Å². The molecule has 4 N–H and O–H groups in total. The maximum atomic E-state index is 12.1. The van der Waals surface area contributed by atoms with Crippen LogP contribution in [-0.4, -0.2) is 30.3 Å². The molecule has 6 nitrogen and oxygen atoms in total. The third-order valence-corrected chi connectivity index (χ3v) is 5.39. The lowest BCUT2D eigenvalue weighted by Gasteiger charge is -2.21. The van der Waals surface area contributed by atoms with Crippen LogP contribution in [0.15, 0.2) is 30.3 Å². The van der Waals surface area contributed by atoms with Crippen LogP contribution in [-0.2, 0) is 20.8 Å². The quantitative estimate of drug-likeness (QED) is 0.543.